The fraction of sp³-hybridized carbons (Fsp3) is 0.211. The molecule has 0 unspecified atom stereocenters. The van der Waals surface area contributed by atoms with Crippen molar-refractivity contribution in [3.63, 3.8) is 0 Å². The molecule has 0 fully saturated rings. The predicted molar refractivity (Wildman–Crippen MR) is 96.0 cm³/mol. The number of rotatable bonds is 8. The van der Waals surface area contributed by atoms with E-state index in [2.05, 4.69) is 10.6 Å². The van der Waals surface area contributed by atoms with Gasteiger partial charge in [0, 0.05) is 24.2 Å². The Balaban J connectivity index is 1.68. The highest BCUT2D eigenvalue weighted by Gasteiger charge is 2.06. The summed E-state index contributed by atoms with van der Waals surface area (Å²) in [5.41, 5.74) is 7.19. The molecule has 0 saturated carbocycles. The lowest BCUT2D eigenvalue weighted by Crippen LogP contribution is -2.25. The second-order valence-corrected chi connectivity index (χ2v) is 5.61. The maximum Gasteiger partial charge on any atom is 0.251 e. The van der Waals surface area contributed by atoms with Gasteiger partial charge in [-0.15, -0.1) is 0 Å². The molecular weight excluding hydrogens is 318 g/mol. The number of benzene rings is 2. The van der Waals surface area contributed by atoms with Gasteiger partial charge in [0.15, 0.2) is 0 Å². The van der Waals surface area contributed by atoms with Crippen molar-refractivity contribution in [3.8, 4) is 0 Å². The van der Waals surface area contributed by atoms with E-state index in [1.807, 2.05) is 6.07 Å². The van der Waals surface area contributed by atoms with Crippen LogP contribution in [-0.2, 0) is 16.0 Å². The van der Waals surface area contributed by atoms with Crippen molar-refractivity contribution < 1.29 is 14.4 Å². The molecule has 0 atom stereocenters. The zero-order chi connectivity index (χ0) is 18.1. The number of carbonyl (C=O) groups is 3. The van der Waals surface area contributed by atoms with Crippen LogP contribution in [0.15, 0.2) is 54.6 Å². The molecule has 130 valence electrons. The highest BCUT2D eigenvalue weighted by atomic mass is 16.2. The van der Waals surface area contributed by atoms with E-state index >= 15 is 0 Å². The first-order valence-electron chi connectivity index (χ1n) is 8.05. The second kappa shape index (κ2) is 9.22. The normalized spacial score (nSPS) is 10.1. The Morgan fingerprint density at radius 1 is 0.920 bits per heavy atom. The number of amides is 3. The monoisotopic (exact) mass is 339 g/mol. The summed E-state index contributed by atoms with van der Waals surface area (Å²) in [5, 5.41) is 5.56. The van der Waals surface area contributed by atoms with Crippen LogP contribution in [0, 0.1) is 0 Å². The minimum absolute atomic E-state index is 0.128. The van der Waals surface area contributed by atoms with E-state index in [4.69, 9.17) is 5.73 Å². The fourth-order valence-corrected chi connectivity index (χ4v) is 2.27. The largest absolute Gasteiger partial charge is 0.369 e. The molecule has 2 rings (SSSR count). The van der Waals surface area contributed by atoms with Gasteiger partial charge in [0.2, 0.25) is 11.8 Å². The van der Waals surface area contributed by atoms with Crippen molar-refractivity contribution in [2.24, 2.45) is 5.73 Å². The molecule has 0 aliphatic heterocycles. The third-order valence-corrected chi connectivity index (χ3v) is 3.52. The molecule has 2 aromatic carbocycles. The molecule has 2 aromatic rings. The summed E-state index contributed by atoms with van der Waals surface area (Å²) in [6.45, 7) is 0.429. The number of nitrogens with one attached hydrogen (secondary N) is 2. The number of primary amides is 1. The molecule has 0 heterocycles. The standard InChI is InChI=1S/C19H21N3O3/c20-17(23)13-14-8-10-16(11-9-14)22-18(24)7-4-12-21-19(25)15-5-2-1-3-6-15/h1-3,5-6,8-11H,4,7,12-13H2,(H2,20,23)(H,21,25)(H,22,24). The quantitative estimate of drug-likeness (QED) is 0.640. The first-order chi connectivity index (χ1) is 12.0. The molecule has 0 saturated heterocycles. The maximum atomic E-state index is 11.9. The molecule has 3 amide bonds. The van der Waals surface area contributed by atoms with Crippen LogP contribution in [0.3, 0.4) is 0 Å². The Labute approximate surface area is 146 Å². The van der Waals surface area contributed by atoms with Gasteiger partial charge >= 0.3 is 0 Å². The van der Waals surface area contributed by atoms with E-state index in [-0.39, 0.29) is 18.2 Å². The van der Waals surface area contributed by atoms with Gasteiger partial charge < -0.3 is 16.4 Å². The molecule has 0 radical (unpaired) electrons. The summed E-state index contributed by atoms with van der Waals surface area (Å²) in [4.78, 5) is 34.6. The van der Waals surface area contributed by atoms with Gasteiger partial charge in [-0.05, 0) is 36.2 Å². The van der Waals surface area contributed by atoms with Crippen LogP contribution in [-0.4, -0.2) is 24.3 Å². The molecule has 0 aliphatic carbocycles. The zero-order valence-electron chi connectivity index (χ0n) is 13.8. The molecule has 6 nitrogen and oxygen atoms in total. The van der Waals surface area contributed by atoms with E-state index in [9.17, 15) is 14.4 Å². The lowest BCUT2D eigenvalue weighted by Gasteiger charge is -2.07. The molecule has 0 aromatic heterocycles. The molecule has 25 heavy (non-hydrogen) atoms. The highest BCUT2D eigenvalue weighted by Crippen LogP contribution is 2.10. The average Bonchev–Trinajstić information content (AvgIpc) is 2.60. The summed E-state index contributed by atoms with van der Waals surface area (Å²) in [6, 6.07) is 15.9. The van der Waals surface area contributed by atoms with Crippen molar-refractivity contribution in [2.45, 2.75) is 19.3 Å². The van der Waals surface area contributed by atoms with Crippen LogP contribution in [0.25, 0.3) is 0 Å². The second-order valence-electron chi connectivity index (χ2n) is 5.61. The molecule has 0 aliphatic rings. The number of carbonyl (C=O) groups excluding carboxylic acids is 3. The molecule has 4 N–H and O–H groups in total. The summed E-state index contributed by atoms with van der Waals surface area (Å²) in [6.07, 6.45) is 1.03. The van der Waals surface area contributed by atoms with E-state index in [1.54, 1.807) is 48.5 Å². The smallest absolute Gasteiger partial charge is 0.251 e. The Bertz CT molecular complexity index is 727. The number of hydrogen-bond acceptors (Lipinski definition) is 3. The first-order valence-corrected chi connectivity index (χ1v) is 8.05. The zero-order valence-corrected chi connectivity index (χ0v) is 13.8. The minimum atomic E-state index is -0.394. The van der Waals surface area contributed by atoms with Gasteiger partial charge in [0.1, 0.15) is 0 Å². The fourth-order valence-electron chi connectivity index (χ4n) is 2.27. The average molecular weight is 339 g/mol. The lowest BCUT2D eigenvalue weighted by atomic mass is 10.1. The minimum Gasteiger partial charge on any atom is -0.369 e. The van der Waals surface area contributed by atoms with E-state index < -0.39 is 5.91 Å². The third-order valence-electron chi connectivity index (χ3n) is 3.52. The summed E-state index contributed by atoms with van der Waals surface area (Å²) in [5.74, 6) is -0.669. The molecular formula is C19H21N3O3. The van der Waals surface area contributed by atoms with Crippen molar-refractivity contribution >= 4 is 23.4 Å². The van der Waals surface area contributed by atoms with Crippen molar-refractivity contribution in [1.29, 1.82) is 0 Å². The Kier molecular flexibility index (Phi) is 6.71. The van der Waals surface area contributed by atoms with Gasteiger partial charge in [0.05, 0.1) is 6.42 Å². The van der Waals surface area contributed by atoms with Gasteiger partial charge in [0.25, 0.3) is 5.91 Å². The third kappa shape index (κ3) is 6.47. The topological polar surface area (TPSA) is 101 Å². The van der Waals surface area contributed by atoms with Gasteiger partial charge in [-0.3, -0.25) is 14.4 Å². The van der Waals surface area contributed by atoms with E-state index in [0.29, 0.717) is 30.6 Å². The Hall–Kier alpha value is -3.15. The van der Waals surface area contributed by atoms with Crippen molar-refractivity contribution in [2.75, 3.05) is 11.9 Å². The first kappa shape index (κ1) is 18.2. The van der Waals surface area contributed by atoms with Crippen LogP contribution < -0.4 is 16.4 Å². The van der Waals surface area contributed by atoms with E-state index in [0.717, 1.165) is 5.56 Å². The van der Waals surface area contributed by atoms with E-state index in [1.165, 1.54) is 0 Å². The predicted octanol–water partition coefficient (Wildman–Crippen LogP) is 1.86. The number of anilines is 1. The van der Waals surface area contributed by atoms with Gasteiger partial charge in [-0.25, -0.2) is 0 Å². The van der Waals surface area contributed by atoms with Crippen LogP contribution in [0.1, 0.15) is 28.8 Å². The van der Waals surface area contributed by atoms with Crippen LogP contribution >= 0.6 is 0 Å². The maximum absolute atomic E-state index is 11.9. The summed E-state index contributed by atoms with van der Waals surface area (Å²) >= 11 is 0. The van der Waals surface area contributed by atoms with Crippen molar-refractivity contribution in [3.05, 3.63) is 65.7 Å². The van der Waals surface area contributed by atoms with Crippen LogP contribution in [0.4, 0.5) is 5.69 Å². The molecule has 0 bridgehead atoms. The number of hydrogen-bond donors (Lipinski definition) is 3. The summed E-state index contributed by atoms with van der Waals surface area (Å²) in [7, 11) is 0. The number of nitrogens with two attached hydrogens (primary N) is 1. The molecule has 6 heteroatoms. The summed E-state index contributed by atoms with van der Waals surface area (Å²) < 4.78 is 0. The Morgan fingerprint density at radius 3 is 2.24 bits per heavy atom. The highest BCUT2D eigenvalue weighted by molar-refractivity contribution is 5.94. The van der Waals surface area contributed by atoms with Crippen molar-refractivity contribution in [1.82, 2.24) is 5.32 Å². The van der Waals surface area contributed by atoms with Crippen LogP contribution in [0.5, 0.6) is 0 Å². The Morgan fingerprint density at radius 2 is 1.60 bits per heavy atom. The van der Waals surface area contributed by atoms with Gasteiger partial charge in [-0.1, -0.05) is 30.3 Å². The molecule has 0 spiro atoms. The lowest BCUT2D eigenvalue weighted by molar-refractivity contribution is -0.117. The van der Waals surface area contributed by atoms with Crippen LogP contribution in [0.2, 0.25) is 0 Å². The van der Waals surface area contributed by atoms with Gasteiger partial charge in [-0.2, -0.15) is 0 Å². The SMILES string of the molecule is NC(=O)Cc1ccc(NC(=O)CCCNC(=O)c2ccccc2)cc1.